The van der Waals surface area contributed by atoms with Crippen LogP contribution >= 0.6 is 11.6 Å². The van der Waals surface area contributed by atoms with E-state index in [0.29, 0.717) is 28.3 Å². The van der Waals surface area contributed by atoms with Crippen molar-refractivity contribution >= 4 is 17.4 Å². The van der Waals surface area contributed by atoms with Gasteiger partial charge in [-0.3, -0.25) is 0 Å². The molecule has 1 heterocycles. The van der Waals surface area contributed by atoms with E-state index in [1.165, 1.54) is 0 Å². The molecule has 106 valence electrons. The minimum atomic E-state index is 0.181. The summed E-state index contributed by atoms with van der Waals surface area (Å²) in [5.74, 6) is 2.45. The number of ether oxygens (including phenoxy) is 1. The van der Waals surface area contributed by atoms with Gasteiger partial charge in [0, 0.05) is 10.9 Å². The first kappa shape index (κ1) is 14.6. The molecule has 0 amide bonds. The summed E-state index contributed by atoms with van der Waals surface area (Å²) in [6.45, 7) is 7.82. The number of nitrogen functional groups attached to an aromatic ring is 1. The maximum atomic E-state index is 6.00. The molecular formula is C15H18ClN3O. The predicted octanol–water partition coefficient (Wildman–Crippen LogP) is 4.24. The van der Waals surface area contributed by atoms with Crippen molar-refractivity contribution < 1.29 is 4.74 Å². The van der Waals surface area contributed by atoms with Crippen molar-refractivity contribution in [2.24, 2.45) is 0 Å². The number of aromatic nitrogens is 2. The molecule has 0 aliphatic carbocycles. The average Bonchev–Trinajstić information content (AvgIpc) is 2.38. The standard InChI is InChI=1S/C15H18ClN3O/c1-8(2)14-18-13(17)10(4)15(19-14)20-12-7-11(16)6-5-9(12)3/h5-8H,1-4H3,(H2,17,18,19). The van der Waals surface area contributed by atoms with Gasteiger partial charge in [0.05, 0.1) is 5.56 Å². The lowest BCUT2D eigenvalue weighted by Gasteiger charge is -2.14. The Bertz CT molecular complexity index is 641. The number of nitrogens with two attached hydrogens (primary N) is 1. The second-order valence-corrected chi connectivity index (χ2v) is 5.50. The third kappa shape index (κ3) is 3.02. The monoisotopic (exact) mass is 291 g/mol. The SMILES string of the molecule is Cc1ccc(Cl)cc1Oc1nc(C(C)C)nc(N)c1C. The largest absolute Gasteiger partial charge is 0.438 e. The second kappa shape index (κ2) is 5.67. The molecule has 5 heteroatoms. The maximum Gasteiger partial charge on any atom is 0.227 e. The van der Waals surface area contributed by atoms with E-state index < -0.39 is 0 Å². The van der Waals surface area contributed by atoms with Crippen molar-refractivity contribution in [1.29, 1.82) is 0 Å². The number of hydrogen-bond donors (Lipinski definition) is 1. The molecule has 0 saturated heterocycles. The van der Waals surface area contributed by atoms with Crippen LogP contribution in [0.1, 0.15) is 36.7 Å². The van der Waals surface area contributed by atoms with E-state index in [4.69, 9.17) is 22.1 Å². The highest BCUT2D eigenvalue weighted by Gasteiger charge is 2.14. The number of rotatable bonds is 3. The Kier molecular flexibility index (Phi) is 4.14. The molecule has 0 fully saturated rings. The number of nitrogens with zero attached hydrogens (tertiary/aromatic N) is 2. The highest BCUT2D eigenvalue weighted by atomic mass is 35.5. The fourth-order valence-corrected chi connectivity index (χ4v) is 1.84. The van der Waals surface area contributed by atoms with Crippen molar-refractivity contribution in [3.8, 4) is 11.6 Å². The first-order valence-electron chi connectivity index (χ1n) is 6.46. The predicted molar refractivity (Wildman–Crippen MR) is 81.5 cm³/mol. The molecule has 1 aromatic carbocycles. The average molecular weight is 292 g/mol. The van der Waals surface area contributed by atoms with Crippen molar-refractivity contribution in [1.82, 2.24) is 9.97 Å². The third-order valence-corrected chi connectivity index (χ3v) is 3.26. The molecular weight excluding hydrogens is 274 g/mol. The van der Waals surface area contributed by atoms with E-state index in [9.17, 15) is 0 Å². The smallest absolute Gasteiger partial charge is 0.227 e. The van der Waals surface area contributed by atoms with Crippen LogP contribution in [0, 0.1) is 13.8 Å². The van der Waals surface area contributed by atoms with Gasteiger partial charge in [0.15, 0.2) is 0 Å². The Hall–Kier alpha value is -1.81. The van der Waals surface area contributed by atoms with Crippen LogP contribution in [-0.4, -0.2) is 9.97 Å². The molecule has 0 atom stereocenters. The van der Waals surface area contributed by atoms with Gasteiger partial charge >= 0.3 is 0 Å². The van der Waals surface area contributed by atoms with Gasteiger partial charge in [-0.25, -0.2) is 4.98 Å². The minimum absolute atomic E-state index is 0.181. The van der Waals surface area contributed by atoms with Gasteiger partial charge in [-0.05, 0) is 31.5 Å². The Morgan fingerprint density at radius 1 is 1.20 bits per heavy atom. The van der Waals surface area contributed by atoms with Gasteiger partial charge in [0.25, 0.3) is 0 Å². The van der Waals surface area contributed by atoms with Gasteiger partial charge in [0.2, 0.25) is 5.88 Å². The summed E-state index contributed by atoms with van der Waals surface area (Å²) in [5, 5.41) is 0.620. The summed E-state index contributed by atoms with van der Waals surface area (Å²) < 4.78 is 5.88. The van der Waals surface area contributed by atoms with Gasteiger partial charge < -0.3 is 10.5 Å². The first-order valence-corrected chi connectivity index (χ1v) is 6.84. The van der Waals surface area contributed by atoms with Crippen molar-refractivity contribution in [3.63, 3.8) is 0 Å². The summed E-state index contributed by atoms with van der Waals surface area (Å²) in [4.78, 5) is 8.72. The molecule has 0 aliphatic heterocycles. The van der Waals surface area contributed by atoms with E-state index in [0.717, 1.165) is 11.1 Å². The zero-order valence-electron chi connectivity index (χ0n) is 12.1. The van der Waals surface area contributed by atoms with E-state index in [1.807, 2.05) is 39.8 Å². The highest BCUT2D eigenvalue weighted by molar-refractivity contribution is 6.30. The van der Waals surface area contributed by atoms with E-state index >= 15 is 0 Å². The van der Waals surface area contributed by atoms with Crippen LogP contribution in [0.5, 0.6) is 11.6 Å². The van der Waals surface area contributed by atoms with Crippen LogP contribution in [-0.2, 0) is 0 Å². The van der Waals surface area contributed by atoms with E-state index in [-0.39, 0.29) is 5.92 Å². The van der Waals surface area contributed by atoms with E-state index in [1.54, 1.807) is 6.07 Å². The normalized spacial score (nSPS) is 10.9. The Morgan fingerprint density at radius 2 is 1.90 bits per heavy atom. The first-order chi connectivity index (χ1) is 9.38. The topological polar surface area (TPSA) is 61.0 Å². The van der Waals surface area contributed by atoms with E-state index in [2.05, 4.69) is 9.97 Å². The lowest BCUT2D eigenvalue weighted by Crippen LogP contribution is -2.06. The summed E-state index contributed by atoms with van der Waals surface area (Å²) in [5.41, 5.74) is 7.64. The van der Waals surface area contributed by atoms with Crippen molar-refractivity contribution in [2.45, 2.75) is 33.6 Å². The molecule has 0 bridgehead atoms. The van der Waals surface area contributed by atoms with Crippen LogP contribution in [0.3, 0.4) is 0 Å². The van der Waals surface area contributed by atoms with Crippen LogP contribution < -0.4 is 10.5 Å². The molecule has 0 spiro atoms. The van der Waals surface area contributed by atoms with Gasteiger partial charge in [-0.15, -0.1) is 0 Å². The van der Waals surface area contributed by atoms with Crippen molar-refractivity contribution in [2.75, 3.05) is 5.73 Å². The number of benzene rings is 1. The van der Waals surface area contributed by atoms with Crippen LogP contribution in [0.15, 0.2) is 18.2 Å². The van der Waals surface area contributed by atoms with Crippen LogP contribution in [0.25, 0.3) is 0 Å². The molecule has 0 aliphatic rings. The third-order valence-electron chi connectivity index (χ3n) is 3.03. The van der Waals surface area contributed by atoms with Gasteiger partial charge in [-0.2, -0.15) is 4.98 Å². The Labute approximate surface area is 124 Å². The Morgan fingerprint density at radius 3 is 2.55 bits per heavy atom. The fraction of sp³-hybridized carbons (Fsp3) is 0.333. The van der Waals surface area contributed by atoms with Crippen LogP contribution in [0.2, 0.25) is 5.02 Å². The summed E-state index contributed by atoms with van der Waals surface area (Å²) in [6, 6.07) is 5.50. The highest BCUT2D eigenvalue weighted by Crippen LogP contribution is 2.31. The van der Waals surface area contributed by atoms with Gasteiger partial charge in [0.1, 0.15) is 17.4 Å². The molecule has 4 nitrogen and oxygen atoms in total. The summed E-state index contributed by atoms with van der Waals surface area (Å²) >= 11 is 6.00. The number of halogens is 1. The molecule has 0 unspecified atom stereocenters. The molecule has 2 N–H and O–H groups in total. The molecule has 2 rings (SSSR count). The molecule has 0 saturated carbocycles. The quantitative estimate of drug-likeness (QED) is 0.918. The maximum absolute atomic E-state index is 6.00. The number of hydrogen-bond acceptors (Lipinski definition) is 4. The second-order valence-electron chi connectivity index (χ2n) is 5.06. The fourth-order valence-electron chi connectivity index (χ4n) is 1.68. The Balaban J connectivity index is 2.45. The number of aryl methyl sites for hydroxylation is 1. The molecule has 1 aromatic heterocycles. The minimum Gasteiger partial charge on any atom is -0.438 e. The van der Waals surface area contributed by atoms with Crippen molar-refractivity contribution in [3.05, 3.63) is 40.2 Å². The van der Waals surface area contributed by atoms with Crippen LogP contribution in [0.4, 0.5) is 5.82 Å². The lowest BCUT2D eigenvalue weighted by molar-refractivity contribution is 0.450. The summed E-state index contributed by atoms with van der Waals surface area (Å²) in [6.07, 6.45) is 0. The zero-order valence-corrected chi connectivity index (χ0v) is 12.8. The lowest BCUT2D eigenvalue weighted by atomic mass is 10.2. The summed E-state index contributed by atoms with van der Waals surface area (Å²) in [7, 11) is 0. The molecule has 0 radical (unpaired) electrons. The molecule has 2 aromatic rings. The van der Waals surface area contributed by atoms with Gasteiger partial charge in [-0.1, -0.05) is 31.5 Å². The molecule has 20 heavy (non-hydrogen) atoms. The number of anilines is 1. The zero-order chi connectivity index (χ0) is 14.9.